The molecule has 0 radical (unpaired) electrons. The lowest BCUT2D eigenvalue weighted by molar-refractivity contribution is -0.685. The molecule has 1 aromatic heterocycles. The topological polar surface area (TPSA) is 73.6 Å². The number of pyridine rings is 1. The number of ether oxygens (including phenoxy) is 2. The number of esters is 2. The van der Waals surface area contributed by atoms with Crippen LogP contribution in [0.15, 0.2) is 27.4 Å². The number of nitrogens with zero attached hydrogens (tertiary/aromatic N) is 1. The molecule has 2 unspecified atom stereocenters. The smallest absolute Gasteiger partial charge is 0.324 e. The van der Waals surface area contributed by atoms with E-state index in [4.69, 9.17) is 9.47 Å². The van der Waals surface area contributed by atoms with Gasteiger partial charge in [0.25, 0.3) is 0 Å². The molecule has 1 aliphatic rings. The normalized spacial score (nSPS) is 24.6. The van der Waals surface area contributed by atoms with Gasteiger partial charge in [0.15, 0.2) is 23.4 Å². The molecule has 2 rings (SSSR count). The molecule has 1 saturated heterocycles. The van der Waals surface area contributed by atoms with E-state index >= 15 is 0 Å². The van der Waals surface area contributed by atoms with Gasteiger partial charge in [0, 0.05) is 6.42 Å². The Balaban J connectivity index is 2.27. The standard InChI is InChI=1S/C19H24Br2NO5/c1-4-6-7-19(16(24)26-5-2)12-18(3,27-17(19)25)15(23)11-22-9-13(20)8-14(21)10-22/h8-10H,4-7,11-12H2,1-3H3/q+1. The second-order valence-electron chi connectivity index (χ2n) is 6.97. The molecule has 0 bridgehead atoms. The summed E-state index contributed by atoms with van der Waals surface area (Å²) >= 11 is 6.77. The Kier molecular flexibility index (Phi) is 7.19. The van der Waals surface area contributed by atoms with Crippen molar-refractivity contribution in [3.63, 3.8) is 0 Å². The fourth-order valence-electron chi connectivity index (χ4n) is 3.32. The Morgan fingerprint density at radius 1 is 1.26 bits per heavy atom. The Morgan fingerprint density at radius 2 is 1.89 bits per heavy atom. The number of halogens is 2. The summed E-state index contributed by atoms with van der Waals surface area (Å²) in [5.41, 5.74) is -2.77. The van der Waals surface area contributed by atoms with Crippen LogP contribution in [0.25, 0.3) is 0 Å². The summed E-state index contributed by atoms with van der Waals surface area (Å²) in [5, 5.41) is 0. The molecular weight excluding hydrogens is 482 g/mol. The van der Waals surface area contributed by atoms with Crippen LogP contribution >= 0.6 is 31.9 Å². The number of carbonyl (C=O) groups excluding carboxylic acids is 3. The number of ketones is 1. The molecule has 8 heteroatoms. The lowest BCUT2D eigenvalue weighted by atomic mass is 9.76. The third kappa shape index (κ3) is 4.77. The predicted molar refractivity (Wildman–Crippen MR) is 105 cm³/mol. The summed E-state index contributed by atoms with van der Waals surface area (Å²) in [6.07, 6.45) is 5.34. The quantitative estimate of drug-likeness (QED) is 0.307. The lowest BCUT2D eigenvalue weighted by Crippen LogP contribution is -2.47. The Morgan fingerprint density at radius 3 is 2.44 bits per heavy atom. The molecule has 0 aliphatic carbocycles. The van der Waals surface area contributed by atoms with Crippen molar-refractivity contribution in [2.45, 2.75) is 58.6 Å². The lowest BCUT2D eigenvalue weighted by Gasteiger charge is -2.23. The number of carbonyl (C=O) groups is 3. The van der Waals surface area contributed by atoms with Gasteiger partial charge in [-0.25, -0.2) is 0 Å². The van der Waals surface area contributed by atoms with Crippen molar-refractivity contribution in [3.8, 4) is 0 Å². The molecule has 0 aromatic carbocycles. The monoisotopic (exact) mass is 504 g/mol. The zero-order chi connectivity index (χ0) is 20.2. The van der Waals surface area contributed by atoms with Gasteiger partial charge >= 0.3 is 11.9 Å². The summed E-state index contributed by atoms with van der Waals surface area (Å²) in [6.45, 7) is 5.44. The molecule has 0 spiro atoms. The van der Waals surface area contributed by atoms with Crippen LogP contribution in [0.4, 0.5) is 0 Å². The van der Waals surface area contributed by atoms with Gasteiger partial charge in [-0.2, -0.15) is 4.57 Å². The molecule has 1 aliphatic heterocycles. The summed E-state index contributed by atoms with van der Waals surface area (Å²) < 4.78 is 14.0. The molecule has 0 N–H and O–H groups in total. The van der Waals surface area contributed by atoms with Crippen LogP contribution in [0.5, 0.6) is 0 Å². The van der Waals surface area contributed by atoms with Gasteiger partial charge in [-0.3, -0.25) is 14.4 Å². The van der Waals surface area contributed by atoms with Crippen molar-refractivity contribution < 1.29 is 28.4 Å². The Bertz CT molecular complexity index is 733. The van der Waals surface area contributed by atoms with Gasteiger partial charge in [0.2, 0.25) is 12.3 Å². The number of unbranched alkanes of at least 4 members (excludes halogenated alkanes) is 1. The van der Waals surface area contributed by atoms with Crippen molar-refractivity contribution in [1.29, 1.82) is 0 Å². The maximum absolute atomic E-state index is 13.0. The number of hydrogen-bond donors (Lipinski definition) is 0. The fourth-order valence-corrected chi connectivity index (χ4v) is 4.65. The molecule has 0 amide bonds. The molecule has 0 saturated carbocycles. The van der Waals surface area contributed by atoms with Gasteiger partial charge in [-0.1, -0.05) is 19.8 Å². The van der Waals surface area contributed by atoms with Crippen molar-refractivity contribution in [3.05, 3.63) is 27.4 Å². The average molecular weight is 506 g/mol. The first-order chi connectivity index (χ1) is 12.7. The minimum Gasteiger partial charge on any atom is -0.465 e. The summed E-state index contributed by atoms with van der Waals surface area (Å²) in [7, 11) is 0. The summed E-state index contributed by atoms with van der Waals surface area (Å²) in [6, 6.07) is 1.86. The van der Waals surface area contributed by atoms with Crippen molar-refractivity contribution >= 4 is 49.6 Å². The van der Waals surface area contributed by atoms with Crippen molar-refractivity contribution in [2.75, 3.05) is 6.61 Å². The minimum atomic E-state index is -1.40. The number of cyclic esters (lactones) is 1. The number of aromatic nitrogens is 1. The van der Waals surface area contributed by atoms with Crippen LogP contribution in [-0.2, 0) is 30.4 Å². The van der Waals surface area contributed by atoms with Gasteiger partial charge in [0.05, 0.1) is 15.6 Å². The summed E-state index contributed by atoms with van der Waals surface area (Å²) in [5.74, 6) is -1.53. The van der Waals surface area contributed by atoms with E-state index in [-0.39, 0.29) is 25.4 Å². The third-order valence-electron chi connectivity index (χ3n) is 4.74. The van der Waals surface area contributed by atoms with Gasteiger partial charge in [-0.05, 0) is 58.2 Å². The molecule has 1 aromatic rings. The maximum Gasteiger partial charge on any atom is 0.324 e. The van der Waals surface area contributed by atoms with Gasteiger partial charge in [-0.15, -0.1) is 0 Å². The molecule has 1 fully saturated rings. The highest BCUT2D eigenvalue weighted by Gasteiger charge is 2.62. The summed E-state index contributed by atoms with van der Waals surface area (Å²) in [4.78, 5) is 38.3. The second kappa shape index (κ2) is 8.82. The fraction of sp³-hybridized carbons (Fsp3) is 0.579. The zero-order valence-corrected chi connectivity index (χ0v) is 18.9. The van der Waals surface area contributed by atoms with Crippen LogP contribution in [0.3, 0.4) is 0 Å². The van der Waals surface area contributed by atoms with E-state index < -0.39 is 23.0 Å². The van der Waals surface area contributed by atoms with Crippen LogP contribution in [0.1, 0.15) is 46.5 Å². The highest BCUT2D eigenvalue weighted by atomic mass is 79.9. The highest BCUT2D eigenvalue weighted by Crippen LogP contribution is 2.45. The molecule has 2 atom stereocenters. The Hall–Kier alpha value is -1.28. The molecule has 148 valence electrons. The number of Topliss-reactive ketones (excluding diaryl/α,β-unsaturated/α-hetero) is 1. The molecule has 2 heterocycles. The number of rotatable bonds is 8. The zero-order valence-electron chi connectivity index (χ0n) is 15.7. The maximum atomic E-state index is 13.0. The highest BCUT2D eigenvalue weighted by molar-refractivity contribution is 9.11. The van der Waals surface area contributed by atoms with Crippen LogP contribution in [0.2, 0.25) is 0 Å². The molecule has 27 heavy (non-hydrogen) atoms. The largest absolute Gasteiger partial charge is 0.465 e. The van der Waals surface area contributed by atoms with E-state index in [1.165, 1.54) is 0 Å². The molecular formula is C19H24Br2NO5+. The molecule has 6 nitrogen and oxygen atoms in total. The van der Waals surface area contributed by atoms with E-state index in [9.17, 15) is 14.4 Å². The van der Waals surface area contributed by atoms with Crippen molar-refractivity contribution in [2.24, 2.45) is 5.41 Å². The van der Waals surface area contributed by atoms with Gasteiger partial charge in [0.1, 0.15) is 0 Å². The predicted octanol–water partition coefficient (Wildman–Crippen LogP) is 3.51. The minimum absolute atomic E-state index is 0.00618. The van der Waals surface area contributed by atoms with Crippen LogP contribution in [0, 0.1) is 5.41 Å². The van der Waals surface area contributed by atoms with Crippen molar-refractivity contribution in [1.82, 2.24) is 0 Å². The first-order valence-electron chi connectivity index (χ1n) is 8.96. The van der Waals surface area contributed by atoms with E-state index in [1.807, 2.05) is 13.0 Å². The Labute approximate surface area is 175 Å². The van der Waals surface area contributed by atoms with E-state index in [0.29, 0.717) is 12.8 Å². The number of hydrogen-bond acceptors (Lipinski definition) is 5. The van der Waals surface area contributed by atoms with Gasteiger partial charge < -0.3 is 9.47 Å². The van der Waals surface area contributed by atoms with Crippen LogP contribution in [-0.4, -0.2) is 29.9 Å². The van der Waals surface area contributed by atoms with Crippen LogP contribution < -0.4 is 4.57 Å². The van der Waals surface area contributed by atoms with E-state index in [0.717, 1.165) is 15.4 Å². The first kappa shape index (κ1) is 22.0. The average Bonchev–Trinajstić information content (AvgIpc) is 2.85. The SMILES string of the molecule is CCCCC1(C(=O)OCC)CC(C)(C(=O)C[n+]2cc(Br)cc(Br)c2)OC1=O. The van der Waals surface area contributed by atoms with E-state index in [1.54, 1.807) is 30.8 Å². The first-order valence-corrected chi connectivity index (χ1v) is 10.5. The third-order valence-corrected chi connectivity index (χ3v) is 5.61. The second-order valence-corrected chi connectivity index (χ2v) is 8.80. The van der Waals surface area contributed by atoms with E-state index in [2.05, 4.69) is 31.9 Å².